The van der Waals surface area contributed by atoms with Gasteiger partial charge in [0.1, 0.15) is 6.04 Å². The molecular weight excluding hydrogens is 386 g/mol. The van der Waals surface area contributed by atoms with Crippen LogP contribution in [0.4, 0.5) is 0 Å². The lowest BCUT2D eigenvalue weighted by Gasteiger charge is -2.36. The van der Waals surface area contributed by atoms with Crippen LogP contribution in [0.1, 0.15) is 18.1 Å². The SMILES string of the molecule is C[C@@H](NC(=O)Cc1cccc2ccccc12)C(=O)N1CCN(Cc2ccccc2)CC1. The Bertz CT molecular complexity index is 1040. The average Bonchev–Trinajstić information content (AvgIpc) is 2.80. The van der Waals surface area contributed by atoms with Crippen LogP contribution in [0.25, 0.3) is 10.8 Å². The van der Waals surface area contributed by atoms with Gasteiger partial charge in [0.05, 0.1) is 6.42 Å². The van der Waals surface area contributed by atoms with Gasteiger partial charge in [-0.05, 0) is 28.8 Å². The highest BCUT2D eigenvalue weighted by Crippen LogP contribution is 2.19. The zero-order chi connectivity index (χ0) is 21.6. The van der Waals surface area contributed by atoms with Crippen molar-refractivity contribution in [1.29, 1.82) is 0 Å². The molecule has 3 aromatic carbocycles. The lowest BCUT2D eigenvalue weighted by molar-refractivity contribution is -0.137. The van der Waals surface area contributed by atoms with Crippen LogP contribution in [-0.2, 0) is 22.6 Å². The highest BCUT2D eigenvalue weighted by Gasteiger charge is 2.26. The van der Waals surface area contributed by atoms with Crippen molar-refractivity contribution in [3.8, 4) is 0 Å². The van der Waals surface area contributed by atoms with Gasteiger partial charge in [-0.2, -0.15) is 0 Å². The summed E-state index contributed by atoms with van der Waals surface area (Å²) >= 11 is 0. The van der Waals surface area contributed by atoms with Crippen LogP contribution in [0.5, 0.6) is 0 Å². The minimum Gasteiger partial charge on any atom is -0.344 e. The highest BCUT2D eigenvalue weighted by molar-refractivity contribution is 5.92. The maximum Gasteiger partial charge on any atom is 0.244 e. The first kappa shape index (κ1) is 21.1. The van der Waals surface area contributed by atoms with Crippen LogP contribution >= 0.6 is 0 Å². The predicted molar refractivity (Wildman–Crippen MR) is 124 cm³/mol. The molecule has 2 amide bonds. The van der Waals surface area contributed by atoms with Crippen molar-refractivity contribution in [2.75, 3.05) is 26.2 Å². The first-order valence-electron chi connectivity index (χ1n) is 10.9. The molecule has 1 aliphatic heterocycles. The first-order chi connectivity index (χ1) is 15.1. The van der Waals surface area contributed by atoms with Gasteiger partial charge in [0.2, 0.25) is 11.8 Å². The van der Waals surface area contributed by atoms with Gasteiger partial charge in [-0.15, -0.1) is 0 Å². The van der Waals surface area contributed by atoms with Crippen LogP contribution in [0.3, 0.4) is 0 Å². The van der Waals surface area contributed by atoms with Crippen molar-refractivity contribution in [3.05, 3.63) is 83.9 Å². The van der Waals surface area contributed by atoms with E-state index in [0.29, 0.717) is 13.1 Å². The molecule has 0 spiro atoms. The van der Waals surface area contributed by atoms with Crippen molar-refractivity contribution >= 4 is 22.6 Å². The lowest BCUT2D eigenvalue weighted by Crippen LogP contribution is -2.54. The number of hydrogen-bond donors (Lipinski definition) is 1. The van der Waals surface area contributed by atoms with E-state index in [-0.39, 0.29) is 18.2 Å². The Kier molecular flexibility index (Phi) is 6.63. The number of carbonyl (C=O) groups is 2. The molecular formula is C26H29N3O2. The molecule has 0 bridgehead atoms. The van der Waals surface area contributed by atoms with E-state index in [1.807, 2.05) is 53.4 Å². The van der Waals surface area contributed by atoms with Crippen molar-refractivity contribution < 1.29 is 9.59 Å². The number of rotatable bonds is 6. The van der Waals surface area contributed by atoms with E-state index < -0.39 is 6.04 Å². The molecule has 1 fully saturated rings. The quantitative estimate of drug-likeness (QED) is 0.673. The Morgan fingerprint density at radius 3 is 2.32 bits per heavy atom. The van der Waals surface area contributed by atoms with E-state index in [1.165, 1.54) is 5.56 Å². The monoisotopic (exact) mass is 415 g/mol. The van der Waals surface area contributed by atoms with Crippen molar-refractivity contribution in [2.24, 2.45) is 0 Å². The highest BCUT2D eigenvalue weighted by atomic mass is 16.2. The van der Waals surface area contributed by atoms with Crippen LogP contribution in [0, 0.1) is 0 Å². The maximum absolute atomic E-state index is 12.9. The summed E-state index contributed by atoms with van der Waals surface area (Å²) in [5.74, 6) is -0.134. The molecule has 160 valence electrons. The van der Waals surface area contributed by atoms with E-state index in [2.05, 4.69) is 34.5 Å². The fourth-order valence-corrected chi connectivity index (χ4v) is 4.22. The second kappa shape index (κ2) is 9.75. The predicted octanol–water partition coefficient (Wildman–Crippen LogP) is 3.23. The summed E-state index contributed by atoms with van der Waals surface area (Å²) in [7, 11) is 0. The van der Waals surface area contributed by atoms with E-state index in [0.717, 1.165) is 36.0 Å². The minimum atomic E-state index is -0.525. The molecule has 0 radical (unpaired) electrons. The van der Waals surface area contributed by atoms with E-state index in [1.54, 1.807) is 6.92 Å². The van der Waals surface area contributed by atoms with Crippen molar-refractivity contribution in [3.63, 3.8) is 0 Å². The van der Waals surface area contributed by atoms with Gasteiger partial charge in [0, 0.05) is 32.7 Å². The second-order valence-corrected chi connectivity index (χ2v) is 8.19. The molecule has 1 aliphatic rings. The zero-order valence-electron chi connectivity index (χ0n) is 18.0. The normalized spacial score (nSPS) is 15.6. The lowest BCUT2D eigenvalue weighted by atomic mass is 10.0. The Morgan fingerprint density at radius 1 is 0.871 bits per heavy atom. The first-order valence-corrected chi connectivity index (χ1v) is 10.9. The molecule has 1 heterocycles. The van der Waals surface area contributed by atoms with Crippen LogP contribution in [-0.4, -0.2) is 53.8 Å². The fourth-order valence-electron chi connectivity index (χ4n) is 4.22. The summed E-state index contributed by atoms with van der Waals surface area (Å²) in [6, 6.07) is 23.9. The third-order valence-corrected chi connectivity index (χ3v) is 5.91. The number of benzene rings is 3. The third-order valence-electron chi connectivity index (χ3n) is 5.91. The summed E-state index contributed by atoms with van der Waals surface area (Å²) < 4.78 is 0. The molecule has 5 nitrogen and oxygen atoms in total. The van der Waals surface area contributed by atoms with Crippen molar-refractivity contribution in [2.45, 2.75) is 25.9 Å². The van der Waals surface area contributed by atoms with Gasteiger partial charge in [-0.1, -0.05) is 72.8 Å². The summed E-state index contributed by atoms with van der Waals surface area (Å²) in [5, 5.41) is 5.09. The Morgan fingerprint density at radius 2 is 1.55 bits per heavy atom. The zero-order valence-corrected chi connectivity index (χ0v) is 18.0. The molecule has 1 N–H and O–H groups in total. The number of nitrogens with one attached hydrogen (secondary N) is 1. The number of fused-ring (bicyclic) bond motifs is 1. The van der Waals surface area contributed by atoms with Gasteiger partial charge in [0.15, 0.2) is 0 Å². The number of hydrogen-bond acceptors (Lipinski definition) is 3. The van der Waals surface area contributed by atoms with E-state index in [4.69, 9.17) is 0 Å². The third kappa shape index (κ3) is 5.30. The van der Waals surface area contributed by atoms with Crippen molar-refractivity contribution in [1.82, 2.24) is 15.1 Å². The molecule has 0 saturated carbocycles. The van der Waals surface area contributed by atoms with Crippen LogP contribution in [0.2, 0.25) is 0 Å². The standard InChI is InChI=1S/C26H29N3O2/c1-20(27-25(30)18-23-12-7-11-22-10-5-6-13-24(22)23)26(31)29-16-14-28(15-17-29)19-21-8-3-2-4-9-21/h2-13,20H,14-19H2,1H3,(H,27,30)/t20-/m1/s1. The molecule has 0 unspecified atom stereocenters. The molecule has 5 heteroatoms. The van der Waals surface area contributed by atoms with Gasteiger partial charge in [0.25, 0.3) is 0 Å². The average molecular weight is 416 g/mol. The number of piperazine rings is 1. The summed E-state index contributed by atoms with van der Waals surface area (Å²) in [6.45, 7) is 5.75. The molecule has 4 rings (SSSR count). The maximum atomic E-state index is 12.9. The summed E-state index contributed by atoms with van der Waals surface area (Å²) in [6.07, 6.45) is 0.268. The smallest absolute Gasteiger partial charge is 0.244 e. The molecule has 1 atom stereocenters. The summed E-state index contributed by atoms with van der Waals surface area (Å²) in [5.41, 5.74) is 2.26. The molecule has 3 aromatic rings. The van der Waals surface area contributed by atoms with Crippen LogP contribution < -0.4 is 5.32 Å². The number of carbonyl (C=O) groups excluding carboxylic acids is 2. The van der Waals surface area contributed by atoms with E-state index >= 15 is 0 Å². The summed E-state index contributed by atoms with van der Waals surface area (Å²) in [4.78, 5) is 29.7. The largest absolute Gasteiger partial charge is 0.344 e. The van der Waals surface area contributed by atoms with Gasteiger partial charge >= 0.3 is 0 Å². The Labute approximate surface area is 183 Å². The second-order valence-electron chi connectivity index (χ2n) is 8.19. The van der Waals surface area contributed by atoms with E-state index in [9.17, 15) is 9.59 Å². The van der Waals surface area contributed by atoms with Gasteiger partial charge in [-0.3, -0.25) is 14.5 Å². The fraction of sp³-hybridized carbons (Fsp3) is 0.308. The Balaban J connectivity index is 1.28. The van der Waals surface area contributed by atoms with Gasteiger partial charge in [-0.25, -0.2) is 0 Å². The number of amides is 2. The molecule has 1 saturated heterocycles. The molecule has 31 heavy (non-hydrogen) atoms. The Hall–Kier alpha value is -3.18. The molecule has 0 aromatic heterocycles. The van der Waals surface area contributed by atoms with Crippen LogP contribution in [0.15, 0.2) is 72.8 Å². The topological polar surface area (TPSA) is 52.7 Å². The number of nitrogens with zero attached hydrogens (tertiary/aromatic N) is 2. The minimum absolute atomic E-state index is 0.00868. The molecule has 0 aliphatic carbocycles. The van der Waals surface area contributed by atoms with Gasteiger partial charge < -0.3 is 10.2 Å².